The number of ether oxygens (including phenoxy) is 1. The molecule has 9 nitrogen and oxygen atoms in total. The molecule has 0 bridgehead atoms. The summed E-state index contributed by atoms with van der Waals surface area (Å²) in [5, 5.41) is 3.02. The van der Waals surface area contributed by atoms with Crippen LogP contribution in [-0.4, -0.2) is 69.4 Å². The molecule has 1 amide bonds. The molecule has 0 spiro atoms. The van der Waals surface area contributed by atoms with E-state index in [1.807, 2.05) is 33.3 Å². The van der Waals surface area contributed by atoms with Gasteiger partial charge in [-0.05, 0) is 89.5 Å². The predicted molar refractivity (Wildman–Crippen MR) is 339 cm³/mol. The molecule has 79 heavy (non-hydrogen) atoms. The van der Waals surface area contributed by atoms with Gasteiger partial charge in [-0.3, -0.25) is 14.2 Å². The molecule has 3 unspecified atom stereocenters. The maximum absolute atomic E-state index is 13.5. The lowest BCUT2D eigenvalue weighted by Crippen LogP contribution is -2.47. The number of phosphoric ester groups is 1. The fourth-order valence-corrected chi connectivity index (χ4v) is 10.0. The maximum atomic E-state index is 13.5. The maximum Gasteiger partial charge on any atom is 0.306 e. The van der Waals surface area contributed by atoms with Gasteiger partial charge >= 0.3 is 5.97 Å². The monoisotopic (exact) mass is 1120 g/mol. The van der Waals surface area contributed by atoms with Gasteiger partial charge < -0.3 is 28.5 Å². The molecule has 0 aromatic rings. The first-order valence-corrected chi connectivity index (χ1v) is 34.4. The Labute approximate surface area is 488 Å². The lowest BCUT2D eigenvalue weighted by Gasteiger charge is -2.30. The summed E-state index contributed by atoms with van der Waals surface area (Å²) in [4.78, 5) is 40.0. The molecule has 0 aromatic heterocycles. The van der Waals surface area contributed by atoms with Crippen LogP contribution < -0.4 is 10.2 Å². The second-order valence-electron chi connectivity index (χ2n) is 23.3. The highest BCUT2D eigenvalue weighted by atomic mass is 31.2. The number of likely N-dealkylation sites (N-methyl/N-ethyl adjacent to an activating group) is 1. The van der Waals surface area contributed by atoms with E-state index in [4.69, 9.17) is 13.8 Å². The highest BCUT2D eigenvalue weighted by Crippen LogP contribution is 2.38. The minimum Gasteiger partial charge on any atom is -0.756 e. The van der Waals surface area contributed by atoms with E-state index in [1.54, 1.807) is 0 Å². The number of nitrogens with one attached hydrogen (secondary N) is 1. The number of esters is 1. The number of hydrogen-bond acceptors (Lipinski definition) is 7. The Bertz CT molecular complexity index is 1630. The summed E-state index contributed by atoms with van der Waals surface area (Å²) in [6.45, 7) is 6.68. The van der Waals surface area contributed by atoms with E-state index in [-0.39, 0.29) is 24.9 Å². The van der Waals surface area contributed by atoms with Crippen molar-refractivity contribution in [2.75, 3.05) is 40.9 Å². The fourth-order valence-electron chi connectivity index (χ4n) is 9.29. The normalized spacial score (nSPS) is 14.2. The lowest BCUT2D eigenvalue weighted by molar-refractivity contribution is -0.870. The molecule has 0 saturated heterocycles. The largest absolute Gasteiger partial charge is 0.756 e. The van der Waals surface area contributed by atoms with Gasteiger partial charge in [-0.1, -0.05) is 273 Å². The Morgan fingerprint density at radius 1 is 0.468 bits per heavy atom. The first-order valence-electron chi connectivity index (χ1n) is 32.9. The van der Waals surface area contributed by atoms with Gasteiger partial charge in [0, 0.05) is 12.8 Å². The molecular weight excluding hydrogens is 1000 g/mol. The van der Waals surface area contributed by atoms with Crippen molar-refractivity contribution >= 4 is 19.7 Å². The summed E-state index contributed by atoms with van der Waals surface area (Å²) in [5.41, 5.74) is 0. The number of amides is 1. The Morgan fingerprint density at radius 2 is 0.861 bits per heavy atom. The van der Waals surface area contributed by atoms with E-state index in [9.17, 15) is 19.0 Å². The molecule has 0 aliphatic carbocycles. The summed E-state index contributed by atoms with van der Waals surface area (Å²) in [6, 6.07) is -0.902. The van der Waals surface area contributed by atoms with Crippen LogP contribution in [0.5, 0.6) is 0 Å². The zero-order valence-electron chi connectivity index (χ0n) is 52.3. The smallest absolute Gasteiger partial charge is 0.306 e. The number of unbranched alkanes of at least 4 members (excludes halogenated alkanes) is 33. The molecule has 0 radical (unpaired) electrons. The van der Waals surface area contributed by atoms with Crippen molar-refractivity contribution in [2.24, 2.45) is 0 Å². The standard InChI is InChI=1S/C69H125N2O7P/c1-7-10-13-16-19-22-25-28-29-30-31-32-33-34-35-36-37-38-39-40-41-44-47-50-53-56-59-62-69(73)78-67(60-57-54-51-48-45-42-26-23-20-17-14-11-8-2)66(65-77-79(74,75)76-64-63-71(4,5)6)70-68(72)61-58-55-52-49-46-43-27-24-21-18-15-12-9-3/h12,15,18-19,21-22,24,27-29,31-32,57,60,66-67H,7-11,13-14,16-17,20,23,25-26,30,33-56,58-59,61-65H2,1-6H3,(H-,70,72,74,75)/b15-12+,21-18+,22-19-,27-24-,29-28-,32-31-,60-57-. The predicted octanol–water partition coefficient (Wildman–Crippen LogP) is 19.9. The Kier molecular flexibility index (Phi) is 56.3. The van der Waals surface area contributed by atoms with Crippen molar-refractivity contribution in [1.29, 1.82) is 0 Å². The molecule has 0 fully saturated rings. The molecule has 3 atom stereocenters. The number of rotatable bonds is 59. The number of quaternary nitrogens is 1. The molecular formula is C69H125N2O7P. The van der Waals surface area contributed by atoms with E-state index in [0.717, 1.165) is 89.9 Å². The Hall–Kier alpha value is -2.81. The molecule has 0 aliphatic rings. The summed E-state index contributed by atoms with van der Waals surface area (Å²) in [5.74, 6) is -0.563. The third kappa shape index (κ3) is 59.6. The van der Waals surface area contributed by atoms with Crippen LogP contribution in [-0.2, 0) is 27.9 Å². The average Bonchev–Trinajstić information content (AvgIpc) is 3.41. The lowest BCUT2D eigenvalue weighted by atomic mass is 10.0. The topological polar surface area (TPSA) is 114 Å². The third-order valence-electron chi connectivity index (χ3n) is 14.4. The minimum absolute atomic E-state index is 0.0291. The van der Waals surface area contributed by atoms with Crippen LogP contribution in [0.15, 0.2) is 85.1 Å². The van der Waals surface area contributed by atoms with E-state index in [2.05, 4.69) is 99.0 Å². The van der Waals surface area contributed by atoms with Crippen LogP contribution in [0.4, 0.5) is 0 Å². The van der Waals surface area contributed by atoms with Gasteiger partial charge in [-0.15, -0.1) is 0 Å². The SMILES string of the molecule is CC/C=C/C=C/C=C\CCCCCCCC(=O)NC(COP(=O)([O-])OCC[N+](C)(C)C)C(/C=C\CCCCCCCCCCCCC)OC(=O)CCCCCCCCCCCCCCCC/C=C\C/C=C\C/C=C\CCCCC. The second-order valence-corrected chi connectivity index (χ2v) is 24.7. The Balaban J connectivity index is 5.07. The van der Waals surface area contributed by atoms with Crippen LogP contribution >= 0.6 is 7.82 Å². The van der Waals surface area contributed by atoms with Crippen molar-refractivity contribution in [1.82, 2.24) is 5.32 Å². The minimum atomic E-state index is -4.71. The fraction of sp³-hybridized carbons (Fsp3) is 0.768. The van der Waals surface area contributed by atoms with Crippen molar-refractivity contribution in [2.45, 2.75) is 303 Å². The molecule has 0 saturated carbocycles. The second kappa shape index (κ2) is 58.4. The van der Waals surface area contributed by atoms with Gasteiger partial charge in [-0.2, -0.15) is 0 Å². The number of nitrogens with zero attached hydrogens (tertiary/aromatic N) is 1. The van der Waals surface area contributed by atoms with E-state index in [1.165, 1.54) is 161 Å². The third-order valence-corrected chi connectivity index (χ3v) is 15.3. The molecule has 0 rings (SSSR count). The van der Waals surface area contributed by atoms with Gasteiger partial charge in [0.1, 0.15) is 19.3 Å². The quantitative estimate of drug-likeness (QED) is 0.0161. The molecule has 10 heteroatoms. The highest BCUT2D eigenvalue weighted by Gasteiger charge is 2.27. The summed E-state index contributed by atoms with van der Waals surface area (Å²) < 4.78 is 30.3. The van der Waals surface area contributed by atoms with Crippen LogP contribution in [0.1, 0.15) is 290 Å². The van der Waals surface area contributed by atoms with Crippen molar-refractivity contribution in [3.8, 4) is 0 Å². The van der Waals surface area contributed by atoms with Crippen molar-refractivity contribution in [3.05, 3.63) is 85.1 Å². The molecule has 1 N–H and O–H groups in total. The number of hydrogen-bond donors (Lipinski definition) is 1. The summed E-state index contributed by atoms with van der Waals surface area (Å²) in [6.07, 6.45) is 77.1. The number of carbonyl (C=O) groups excluding carboxylic acids is 2. The van der Waals surface area contributed by atoms with E-state index < -0.39 is 26.6 Å². The van der Waals surface area contributed by atoms with Crippen LogP contribution in [0.3, 0.4) is 0 Å². The van der Waals surface area contributed by atoms with E-state index in [0.29, 0.717) is 23.9 Å². The first-order chi connectivity index (χ1) is 38.4. The zero-order valence-corrected chi connectivity index (χ0v) is 53.2. The molecule has 458 valence electrons. The van der Waals surface area contributed by atoms with Gasteiger partial charge in [0.25, 0.3) is 7.82 Å². The van der Waals surface area contributed by atoms with Crippen molar-refractivity contribution in [3.63, 3.8) is 0 Å². The van der Waals surface area contributed by atoms with Crippen LogP contribution in [0.2, 0.25) is 0 Å². The van der Waals surface area contributed by atoms with Crippen molar-refractivity contribution < 1.29 is 37.3 Å². The number of allylic oxidation sites excluding steroid dienone is 13. The zero-order chi connectivity index (χ0) is 57.9. The summed E-state index contributed by atoms with van der Waals surface area (Å²) >= 11 is 0. The summed E-state index contributed by atoms with van der Waals surface area (Å²) in [7, 11) is 1.17. The number of phosphoric acid groups is 1. The highest BCUT2D eigenvalue weighted by molar-refractivity contribution is 7.45. The van der Waals surface area contributed by atoms with E-state index >= 15 is 0 Å². The van der Waals surface area contributed by atoms with Gasteiger partial charge in [-0.25, -0.2) is 0 Å². The first kappa shape index (κ1) is 76.2. The average molecular weight is 1130 g/mol. The molecule has 0 aliphatic heterocycles. The van der Waals surface area contributed by atoms with Crippen LogP contribution in [0, 0.1) is 0 Å². The van der Waals surface area contributed by atoms with Crippen LogP contribution in [0.25, 0.3) is 0 Å². The molecule has 0 heterocycles. The Morgan fingerprint density at radius 3 is 1.34 bits per heavy atom. The van der Waals surface area contributed by atoms with Gasteiger partial charge in [0.15, 0.2) is 0 Å². The van der Waals surface area contributed by atoms with Gasteiger partial charge in [0.05, 0.1) is 33.8 Å². The van der Waals surface area contributed by atoms with Gasteiger partial charge in [0.2, 0.25) is 5.91 Å². The number of carbonyl (C=O) groups is 2. The molecule has 0 aromatic carbocycles.